The fourth-order valence-corrected chi connectivity index (χ4v) is 4.71. The summed E-state index contributed by atoms with van der Waals surface area (Å²) in [5.41, 5.74) is 2.13. The zero-order valence-electron chi connectivity index (χ0n) is 17.4. The van der Waals surface area contributed by atoms with Gasteiger partial charge in [0.15, 0.2) is 5.78 Å². The lowest BCUT2D eigenvalue weighted by Crippen LogP contribution is -2.55. The third-order valence-electron chi connectivity index (χ3n) is 6.22. The van der Waals surface area contributed by atoms with Crippen LogP contribution in [0.15, 0.2) is 42.2 Å². The van der Waals surface area contributed by atoms with E-state index in [1.165, 1.54) is 0 Å². The van der Waals surface area contributed by atoms with Crippen LogP contribution in [0.4, 0.5) is 5.69 Å². The van der Waals surface area contributed by atoms with Gasteiger partial charge in [0.1, 0.15) is 22.3 Å². The smallest absolute Gasteiger partial charge is 0.272 e. The predicted octanol–water partition coefficient (Wildman–Crippen LogP) is 4.60. The van der Waals surface area contributed by atoms with Gasteiger partial charge in [-0.15, -0.1) is 0 Å². The predicted molar refractivity (Wildman–Crippen MR) is 118 cm³/mol. The maximum absolute atomic E-state index is 13.2. The quantitative estimate of drug-likeness (QED) is 0.706. The Labute approximate surface area is 185 Å². The molecule has 0 radical (unpaired) electrons. The zero-order valence-corrected chi connectivity index (χ0v) is 18.1. The van der Waals surface area contributed by atoms with Gasteiger partial charge in [0.25, 0.3) is 5.69 Å². The van der Waals surface area contributed by atoms with Gasteiger partial charge in [-0.25, -0.2) is 0 Å². The highest BCUT2D eigenvalue weighted by molar-refractivity contribution is 6.32. The topological polar surface area (TPSA) is 86.8 Å². The molecule has 2 aliphatic rings. The van der Waals surface area contributed by atoms with Crippen LogP contribution in [0.1, 0.15) is 43.7 Å². The fraction of sp³-hybridized carbons (Fsp3) is 0.375. The van der Waals surface area contributed by atoms with E-state index in [0.29, 0.717) is 55.1 Å². The molecule has 1 aliphatic heterocycles. The van der Waals surface area contributed by atoms with Gasteiger partial charge in [0.2, 0.25) is 0 Å². The van der Waals surface area contributed by atoms with Gasteiger partial charge in [0, 0.05) is 48.3 Å². The fourth-order valence-electron chi connectivity index (χ4n) is 4.50. The van der Waals surface area contributed by atoms with E-state index in [1.807, 2.05) is 19.1 Å². The molecule has 0 saturated carbocycles. The van der Waals surface area contributed by atoms with Crippen molar-refractivity contribution in [3.8, 4) is 11.5 Å². The van der Waals surface area contributed by atoms with Gasteiger partial charge in [-0.1, -0.05) is 24.6 Å². The molecule has 2 aromatic carbocycles. The van der Waals surface area contributed by atoms with Crippen LogP contribution in [0.5, 0.6) is 11.5 Å². The number of hydrogen-bond donors (Lipinski definition) is 2. The molecule has 1 fully saturated rings. The number of Topliss-reactive ketones (excluding diaryl/α,β-unsaturated/α-hetero) is 1. The number of hydrogen-bond acceptors (Lipinski definition) is 5. The molecule has 0 unspecified atom stereocenters. The van der Waals surface area contributed by atoms with Crippen molar-refractivity contribution in [2.45, 2.75) is 39.0 Å². The van der Waals surface area contributed by atoms with E-state index in [9.17, 15) is 14.8 Å². The molecule has 162 valence electrons. The van der Waals surface area contributed by atoms with Crippen molar-refractivity contribution in [1.29, 1.82) is 0 Å². The lowest BCUT2D eigenvalue weighted by atomic mass is 9.67. The van der Waals surface area contributed by atoms with Crippen LogP contribution >= 0.6 is 11.6 Å². The highest BCUT2D eigenvalue weighted by Gasteiger charge is 2.41. The molecule has 0 atom stereocenters. The van der Waals surface area contributed by atoms with Crippen molar-refractivity contribution >= 4 is 28.6 Å². The number of rotatable bonds is 5. The third-order valence-corrected chi connectivity index (χ3v) is 6.53. The first-order chi connectivity index (χ1) is 14.9. The summed E-state index contributed by atoms with van der Waals surface area (Å²) in [6, 6.07) is 10.2. The minimum absolute atomic E-state index is 0.0357. The molecule has 0 amide bonds. The normalized spacial score (nSPS) is 18.3. The number of allylic oxidation sites excluding steroid dienone is 2. The summed E-state index contributed by atoms with van der Waals surface area (Å²) in [6.45, 7) is 3.27. The average Bonchev–Trinajstić information content (AvgIpc) is 2.74. The number of benzene rings is 2. The maximum atomic E-state index is 13.2. The molecule has 0 bridgehead atoms. The molecule has 6 nitrogen and oxygen atoms in total. The molecule has 31 heavy (non-hydrogen) atoms. The first-order valence-corrected chi connectivity index (χ1v) is 10.8. The number of aryl methyl sites for hydroxylation is 1. The molecule has 1 aliphatic carbocycles. The second-order valence-electron chi connectivity index (χ2n) is 8.23. The van der Waals surface area contributed by atoms with Crippen LogP contribution in [0.2, 0.25) is 5.02 Å². The number of aliphatic hydroxyl groups excluding tert-OH is 1. The molecule has 0 aromatic heterocycles. The number of nitrogens with one attached hydrogen (secondary N) is 1. The van der Waals surface area contributed by atoms with Crippen LogP contribution in [-0.4, -0.2) is 24.1 Å². The first-order valence-electron chi connectivity index (χ1n) is 10.5. The summed E-state index contributed by atoms with van der Waals surface area (Å²) in [5, 5.41) is 13.0. The van der Waals surface area contributed by atoms with Gasteiger partial charge >= 0.3 is 0 Å². The minimum Gasteiger partial charge on any atom is -0.512 e. The van der Waals surface area contributed by atoms with Crippen LogP contribution in [0, 0.1) is 10.3 Å². The van der Waals surface area contributed by atoms with Gasteiger partial charge in [-0.2, -0.15) is 0 Å². The molecular weight excluding hydrogens is 418 g/mol. The van der Waals surface area contributed by atoms with Gasteiger partial charge < -0.3 is 14.6 Å². The Hall–Kier alpha value is -2.70. The Morgan fingerprint density at radius 1 is 1.13 bits per heavy atom. The van der Waals surface area contributed by atoms with Crippen molar-refractivity contribution in [2.24, 2.45) is 5.41 Å². The summed E-state index contributed by atoms with van der Waals surface area (Å²) in [7, 11) is 0. The monoisotopic (exact) mass is 442 g/mol. The number of nitroso groups, excluding NO2 is 1. The van der Waals surface area contributed by atoms with Gasteiger partial charge in [0.05, 0.1) is 5.57 Å². The van der Waals surface area contributed by atoms with E-state index in [-0.39, 0.29) is 27.7 Å². The molecule has 7 heteroatoms. The molecule has 2 N–H and O–H groups in total. The largest absolute Gasteiger partial charge is 0.512 e. The second-order valence-corrected chi connectivity index (χ2v) is 8.64. The van der Waals surface area contributed by atoms with Crippen molar-refractivity contribution in [2.75, 3.05) is 13.2 Å². The summed E-state index contributed by atoms with van der Waals surface area (Å²) >= 11 is 6.07. The lowest BCUT2D eigenvalue weighted by molar-refractivity contribution is -0.379. The Morgan fingerprint density at radius 3 is 2.48 bits per heavy atom. The van der Waals surface area contributed by atoms with Crippen molar-refractivity contribution in [1.82, 2.24) is 0 Å². The number of ether oxygens (including phenoxy) is 2. The van der Waals surface area contributed by atoms with Crippen LogP contribution in [-0.2, 0) is 16.0 Å². The average molecular weight is 443 g/mol. The first kappa shape index (κ1) is 21.5. The highest BCUT2D eigenvalue weighted by atomic mass is 35.5. The SMILES string of the molecule is CCc1ccc(Oc2ccc([NH+]=O)c(Cl)c2)cc1C1=C(O)CC2(CCOCC2)CC1=O. The van der Waals surface area contributed by atoms with E-state index >= 15 is 0 Å². The standard InChI is InChI=1S/C24H24ClNO5/c1-2-15-3-4-16(31-17-5-6-20(26-29)19(25)12-17)11-18(15)23-21(27)13-24(14-22(23)28)7-9-30-10-8-24/h3-6,11-12,27H,2,7-10,13-14H2,1H3/p+1. The lowest BCUT2D eigenvalue weighted by Gasteiger charge is -2.39. The molecule has 4 rings (SSSR count). The minimum atomic E-state index is -0.197. The van der Waals surface area contributed by atoms with Crippen LogP contribution in [0.25, 0.3) is 5.57 Å². The Kier molecular flexibility index (Phi) is 6.12. The number of aliphatic hydroxyl groups is 1. The van der Waals surface area contributed by atoms with E-state index in [1.54, 1.807) is 29.4 Å². The third kappa shape index (κ3) is 4.36. The Balaban J connectivity index is 1.67. The molecular formula is C24H25ClNO5+. The zero-order chi connectivity index (χ0) is 22.0. The Morgan fingerprint density at radius 2 is 1.84 bits per heavy atom. The van der Waals surface area contributed by atoms with E-state index in [4.69, 9.17) is 21.1 Å². The Bertz CT molecular complexity index is 1060. The van der Waals surface area contributed by atoms with Crippen LogP contribution < -0.4 is 9.91 Å². The van der Waals surface area contributed by atoms with Gasteiger partial charge in [-0.3, -0.25) is 4.79 Å². The van der Waals surface area contributed by atoms with E-state index < -0.39 is 0 Å². The van der Waals surface area contributed by atoms with Crippen molar-refractivity contribution in [3.63, 3.8) is 0 Å². The van der Waals surface area contributed by atoms with Crippen LogP contribution in [0.3, 0.4) is 0 Å². The van der Waals surface area contributed by atoms with E-state index in [0.717, 1.165) is 18.4 Å². The summed E-state index contributed by atoms with van der Waals surface area (Å²) in [5.74, 6) is 1.10. The maximum Gasteiger partial charge on any atom is 0.272 e. The molecule has 1 heterocycles. The highest BCUT2D eigenvalue weighted by Crippen LogP contribution is 2.47. The van der Waals surface area contributed by atoms with E-state index in [2.05, 4.69) is 0 Å². The molecule has 1 saturated heterocycles. The van der Waals surface area contributed by atoms with Crippen molar-refractivity contribution < 1.29 is 24.6 Å². The second kappa shape index (κ2) is 8.81. The summed E-state index contributed by atoms with van der Waals surface area (Å²) < 4.78 is 11.4. The number of halogens is 1. The number of carbonyl (C=O) groups is 1. The molecule has 1 spiro atoms. The molecule has 2 aromatic rings. The van der Waals surface area contributed by atoms with Gasteiger partial charge in [-0.05, 0) is 54.0 Å². The summed E-state index contributed by atoms with van der Waals surface area (Å²) in [4.78, 5) is 24.0. The van der Waals surface area contributed by atoms with Crippen molar-refractivity contribution in [3.05, 3.63) is 63.2 Å². The number of carbonyl (C=O) groups excluding carboxylic acids is 1. The summed E-state index contributed by atoms with van der Waals surface area (Å²) in [6.07, 6.45) is 3.20. The number of ketones is 1.